The van der Waals surface area contributed by atoms with Crippen LogP contribution in [0.25, 0.3) is 0 Å². The summed E-state index contributed by atoms with van der Waals surface area (Å²) in [4.78, 5) is 6.43. The first-order valence-electron chi connectivity index (χ1n) is 6.40. The molecule has 0 unspecified atom stereocenters. The Morgan fingerprint density at radius 1 is 1.35 bits per heavy atom. The van der Waals surface area contributed by atoms with Crippen LogP contribution in [-0.4, -0.2) is 17.4 Å². The molecule has 0 spiro atoms. The number of hydrogen-bond acceptors (Lipinski definition) is 3. The average molecular weight is 289 g/mol. The van der Waals surface area contributed by atoms with Gasteiger partial charge in [-0.15, -0.1) is 0 Å². The van der Waals surface area contributed by atoms with Gasteiger partial charge in [0, 0.05) is 29.0 Å². The predicted molar refractivity (Wildman–Crippen MR) is 83.4 cm³/mol. The van der Waals surface area contributed by atoms with Crippen molar-refractivity contribution in [3.63, 3.8) is 0 Å². The minimum Gasteiger partial charge on any atom is -0.384 e. The molecule has 0 aliphatic rings. The Hall–Kier alpha value is -2.07. The molecule has 0 radical (unpaired) electrons. The molecule has 0 aliphatic heterocycles. The number of nitrogen functional groups attached to an aromatic ring is 1. The summed E-state index contributed by atoms with van der Waals surface area (Å²) in [6, 6.07) is 11.2. The Labute approximate surface area is 123 Å². The lowest BCUT2D eigenvalue weighted by atomic mass is 10.1. The van der Waals surface area contributed by atoms with Crippen molar-refractivity contribution in [2.45, 2.75) is 13.5 Å². The standard InChI is InChI=1S/C15H17ClN4/c1-2-20(10-12-5-3-4-8-19-12)14-9-11(16)6-7-13(14)15(17)18/h3-9H,2,10H2,1H3,(H3,17,18). The van der Waals surface area contributed by atoms with Gasteiger partial charge in [-0.1, -0.05) is 17.7 Å². The summed E-state index contributed by atoms with van der Waals surface area (Å²) in [6.45, 7) is 3.48. The minimum absolute atomic E-state index is 0.0381. The molecule has 0 aliphatic carbocycles. The largest absolute Gasteiger partial charge is 0.384 e. The fourth-order valence-electron chi connectivity index (χ4n) is 2.05. The van der Waals surface area contributed by atoms with Crippen LogP contribution < -0.4 is 10.6 Å². The van der Waals surface area contributed by atoms with Crippen molar-refractivity contribution in [2.75, 3.05) is 11.4 Å². The number of hydrogen-bond donors (Lipinski definition) is 2. The van der Waals surface area contributed by atoms with Crippen molar-refractivity contribution in [1.82, 2.24) is 4.98 Å². The topological polar surface area (TPSA) is 66.0 Å². The maximum absolute atomic E-state index is 7.69. The van der Waals surface area contributed by atoms with Gasteiger partial charge in [0.1, 0.15) is 5.84 Å². The first-order chi connectivity index (χ1) is 9.61. The number of halogens is 1. The number of nitrogens with two attached hydrogens (primary N) is 1. The van der Waals surface area contributed by atoms with Crippen LogP contribution in [0.4, 0.5) is 5.69 Å². The van der Waals surface area contributed by atoms with Crippen LogP contribution in [0.1, 0.15) is 18.2 Å². The molecule has 0 saturated carbocycles. The SMILES string of the molecule is CCN(Cc1ccccn1)c1cc(Cl)ccc1C(=N)N. The molecule has 2 aromatic rings. The molecular formula is C15H17ClN4. The van der Waals surface area contributed by atoms with E-state index in [4.69, 9.17) is 22.7 Å². The van der Waals surface area contributed by atoms with Crippen molar-refractivity contribution in [3.05, 3.63) is 58.9 Å². The van der Waals surface area contributed by atoms with Gasteiger partial charge < -0.3 is 10.6 Å². The summed E-state index contributed by atoms with van der Waals surface area (Å²) in [5.74, 6) is 0.0381. The van der Waals surface area contributed by atoms with E-state index >= 15 is 0 Å². The third-order valence-corrected chi connectivity index (χ3v) is 3.29. The van der Waals surface area contributed by atoms with Crippen LogP contribution in [0.15, 0.2) is 42.6 Å². The van der Waals surface area contributed by atoms with Gasteiger partial charge >= 0.3 is 0 Å². The van der Waals surface area contributed by atoms with Crippen LogP contribution in [-0.2, 0) is 6.54 Å². The van der Waals surface area contributed by atoms with E-state index in [1.165, 1.54) is 0 Å². The average Bonchev–Trinajstić information content (AvgIpc) is 2.45. The lowest BCUT2D eigenvalue weighted by molar-refractivity contribution is 0.808. The predicted octanol–water partition coefficient (Wildman–Crippen LogP) is 3.05. The zero-order valence-electron chi connectivity index (χ0n) is 11.3. The molecule has 104 valence electrons. The van der Waals surface area contributed by atoms with Gasteiger partial charge in [0.2, 0.25) is 0 Å². The summed E-state index contributed by atoms with van der Waals surface area (Å²) in [7, 11) is 0. The van der Waals surface area contributed by atoms with Crippen LogP contribution >= 0.6 is 11.6 Å². The first kappa shape index (κ1) is 14.3. The molecule has 4 nitrogen and oxygen atoms in total. The van der Waals surface area contributed by atoms with Crippen molar-refractivity contribution < 1.29 is 0 Å². The highest BCUT2D eigenvalue weighted by atomic mass is 35.5. The Balaban J connectivity index is 2.36. The number of benzene rings is 1. The summed E-state index contributed by atoms with van der Waals surface area (Å²) >= 11 is 6.07. The highest BCUT2D eigenvalue weighted by Crippen LogP contribution is 2.25. The number of pyridine rings is 1. The summed E-state index contributed by atoms with van der Waals surface area (Å²) in [5.41, 5.74) is 8.16. The third-order valence-electron chi connectivity index (χ3n) is 3.05. The second kappa shape index (κ2) is 6.39. The maximum Gasteiger partial charge on any atom is 0.124 e. The van der Waals surface area contributed by atoms with E-state index in [1.807, 2.05) is 31.2 Å². The molecule has 3 N–H and O–H groups in total. The molecule has 0 amide bonds. The van der Waals surface area contributed by atoms with E-state index in [1.54, 1.807) is 18.3 Å². The Bertz CT molecular complexity index is 598. The molecule has 0 saturated heterocycles. The zero-order valence-corrected chi connectivity index (χ0v) is 12.1. The van der Waals surface area contributed by atoms with Gasteiger partial charge in [0.25, 0.3) is 0 Å². The molecule has 1 aromatic carbocycles. The number of nitrogens with one attached hydrogen (secondary N) is 1. The second-order valence-electron chi connectivity index (χ2n) is 4.41. The highest BCUT2D eigenvalue weighted by Gasteiger charge is 2.13. The third kappa shape index (κ3) is 3.27. The molecule has 0 bridgehead atoms. The maximum atomic E-state index is 7.69. The van der Waals surface area contributed by atoms with E-state index in [9.17, 15) is 0 Å². The minimum atomic E-state index is 0.0381. The lowest BCUT2D eigenvalue weighted by Gasteiger charge is -2.25. The zero-order chi connectivity index (χ0) is 14.5. The number of nitrogens with zero attached hydrogens (tertiary/aromatic N) is 2. The van der Waals surface area contributed by atoms with E-state index in [0.29, 0.717) is 17.1 Å². The van der Waals surface area contributed by atoms with Crippen molar-refractivity contribution in [3.8, 4) is 0 Å². The molecule has 1 aromatic heterocycles. The molecule has 20 heavy (non-hydrogen) atoms. The van der Waals surface area contributed by atoms with Gasteiger partial charge in [0.15, 0.2) is 0 Å². The normalized spacial score (nSPS) is 10.3. The Morgan fingerprint density at radius 2 is 2.15 bits per heavy atom. The van der Waals surface area contributed by atoms with Crippen LogP contribution in [0.5, 0.6) is 0 Å². The van der Waals surface area contributed by atoms with Gasteiger partial charge in [-0.3, -0.25) is 10.4 Å². The van der Waals surface area contributed by atoms with Crippen LogP contribution in [0, 0.1) is 5.41 Å². The molecular weight excluding hydrogens is 272 g/mol. The summed E-state index contributed by atoms with van der Waals surface area (Å²) < 4.78 is 0. The number of amidine groups is 1. The number of rotatable bonds is 5. The van der Waals surface area contributed by atoms with Crippen molar-refractivity contribution in [1.29, 1.82) is 5.41 Å². The summed E-state index contributed by atoms with van der Waals surface area (Å²) in [6.07, 6.45) is 1.77. The molecule has 0 fully saturated rings. The summed E-state index contributed by atoms with van der Waals surface area (Å²) in [5, 5.41) is 8.32. The van der Waals surface area contributed by atoms with E-state index in [-0.39, 0.29) is 5.84 Å². The second-order valence-corrected chi connectivity index (χ2v) is 4.85. The quantitative estimate of drug-likeness (QED) is 0.656. The Kier molecular flexibility index (Phi) is 4.58. The number of aromatic nitrogens is 1. The van der Waals surface area contributed by atoms with Gasteiger partial charge in [-0.05, 0) is 37.3 Å². The fourth-order valence-corrected chi connectivity index (χ4v) is 2.22. The van der Waals surface area contributed by atoms with E-state index < -0.39 is 0 Å². The van der Waals surface area contributed by atoms with Crippen LogP contribution in [0.2, 0.25) is 5.02 Å². The van der Waals surface area contributed by atoms with Gasteiger partial charge in [0.05, 0.1) is 12.2 Å². The van der Waals surface area contributed by atoms with Gasteiger partial charge in [-0.2, -0.15) is 0 Å². The molecule has 1 heterocycles. The fraction of sp³-hybridized carbons (Fsp3) is 0.200. The number of anilines is 1. The highest BCUT2D eigenvalue weighted by molar-refractivity contribution is 6.31. The van der Waals surface area contributed by atoms with E-state index in [0.717, 1.165) is 17.9 Å². The van der Waals surface area contributed by atoms with Crippen molar-refractivity contribution in [2.24, 2.45) is 5.73 Å². The van der Waals surface area contributed by atoms with E-state index in [2.05, 4.69) is 9.88 Å². The lowest BCUT2D eigenvalue weighted by Crippen LogP contribution is -2.26. The molecule has 0 atom stereocenters. The first-order valence-corrected chi connectivity index (χ1v) is 6.78. The Morgan fingerprint density at radius 3 is 2.75 bits per heavy atom. The smallest absolute Gasteiger partial charge is 0.124 e. The monoisotopic (exact) mass is 288 g/mol. The van der Waals surface area contributed by atoms with Crippen LogP contribution in [0.3, 0.4) is 0 Å². The van der Waals surface area contributed by atoms with Gasteiger partial charge in [-0.25, -0.2) is 0 Å². The molecule has 5 heteroatoms. The molecule has 2 rings (SSSR count). The van der Waals surface area contributed by atoms with Crippen molar-refractivity contribution >= 4 is 23.1 Å².